The van der Waals surface area contributed by atoms with Gasteiger partial charge in [0.05, 0.1) is 18.5 Å². The molecule has 0 atom stereocenters. The Morgan fingerprint density at radius 1 is 0.938 bits per heavy atom. The highest BCUT2D eigenvalue weighted by molar-refractivity contribution is 6.30. The van der Waals surface area contributed by atoms with Gasteiger partial charge in [0.15, 0.2) is 0 Å². The summed E-state index contributed by atoms with van der Waals surface area (Å²) in [5, 5.41) is 5.34. The Hall–Kier alpha value is -3.83. The van der Waals surface area contributed by atoms with Gasteiger partial charge < -0.3 is 9.72 Å². The van der Waals surface area contributed by atoms with Crippen LogP contribution in [0.5, 0.6) is 5.75 Å². The van der Waals surface area contributed by atoms with Crippen molar-refractivity contribution in [3.05, 3.63) is 112 Å². The van der Waals surface area contributed by atoms with E-state index < -0.39 is 0 Å². The molecular weight excluding hydrogens is 422 g/mol. The van der Waals surface area contributed by atoms with Crippen molar-refractivity contribution in [2.45, 2.75) is 6.42 Å². The van der Waals surface area contributed by atoms with Gasteiger partial charge in [-0.1, -0.05) is 54.1 Å². The molecule has 32 heavy (non-hydrogen) atoms. The second-order valence-corrected chi connectivity index (χ2v) is 7.94. The number of rotatable bonds is 5. The molecule has 0 amide bonds. The Balaban J connectivity index is 1.72. The van der Waals surface area contributed by atoms with Crippen molar-refractivity contribution in [2.75, 3.05) is 7.11 Å². The number of hydrogen-bond acceptors (Lipinski definition) is 3. The first kappa shape index (κ1) is 20.1. The zero-order valence-corrected chi connectivity index (χ0v) is 18.1. The molecule has 0 radical (unpaired) electrons. The first-order chi connectivity index (χ1) is 15.6. The third kappa shape index (κ3) is 3.79. The van der Waals surface area contributed by atoms with Crippen molar-refractivity contribution in [1.29, 1.82) is 0 Å². The molecule has 158 valence electrons. The molecule has 1 N–H and O–H groups in total. The van der Waals surface area contributed by atoms with Crippen LogP contribution in [0.15, 0.2) is 89.7 Å². The van der Waals surface area contributed by atoms with E-state index in [1.165, 1.54) is 4.52 Å². The number of benzene rings is 3. The molecule has 0 fully saturated rings. The molecule has 0 aliphatic heterocycles. The van der Waals surface area contributed by atoms with E-state index in [1.54, 1.807) is 13.2 Å². The summed E-state index contributed by atoms with van der Waals surface area (Å²) in [6, 6.07) is 26.8. The van der Waals surface area contributed by atoms with Gasteiger partial charge in [-0.15, -0.1) is 0 Å². The number of fused-ring (bicyclic) bond motifs is 1. The third-order valence-electron chi connectivity index (χ3n) is 5.44. The number of nitrogens with one attached hydrogen (secondary N) is 1. The Labute approximate surface area is 189 Å². The fourth-order valence-electron chi connectivity index (χ4n) is 3.85. The van der Waals surface area contributed by atoms with Gasteiger partial charge in [0, 0.05) is 23.1 Å². The molecule has 2 heterocycles. The second-order valence-electron chi connectivity index (χ2n) is 7.50. The standard InChI is InChI=1S/C26H20ClN3O2/c1-32-21-13-9-18(10-14-21)22-16-24(31)30-26(28-22)25(19-7-11-20(27)12-8-19)23(29-30)15-17-5-3-2-4-6-17/h2-14,16,28H,15H2,1H3. The number of ether oxygens (including phenoxy) is 1. The maximum atomic E-state index is 13.0. The molecule has 5 nitrogen and oxygen atoms in total. The van der Waals surface area contributed by atoms with Crippen LogP contribution < -0.4 is 10.3 Å². The van der Waals surface area contributed by atoms with Gasteiger partial charge in [0.2, 0.25) is 0 Å². The summed E-state index contributed by atoms with van der Waals surface area (Å²) in [4.78, 5) is 16.5. The summed E-state index contributed by atoms with van der Waals surface area (Å²) in [5.41, 5.74) is 5.82. The fourth-order valence-corrected chi connectivity index (χ4v) is 3.97. The van der Waals surface area contributed by atoms with E-state index in [2.05, 4.69) is 22.2 Å². The van der Waals surface area contributed by atoms with E-state index in [-0.39, 0.29) is 5.56 Å². The SMILES string of the molecule is COc1ccc(-c2cc(=O)n3nc(Cc4ccccc4)c(-c4ccc(Cl)cc4)c3[nH]2)cc1. The smallest absolute Gasteiger partial charge is 0.274 e. The van der Waals surface area contributed by atoms with Crippen LogP contribution >= 0.6 is 11.6 Å². The zero-order chi connectivity index (χ0) is 22.1. The average molecular weight is 442 g/mol. The first-order valence-electron chi connectivity index (χ1n) is 10.2. The number of H-pyrrole nitrogens is 1. The fraction of sp³-hybridized carbons (Fsp3) is 0.0769. The lowest BCUT2D eigenvalue weighted by atomic mass is 10.0. The number of methoxy groups -OCH3 is 1. The van der Waals surface area contributed by atoms with Crippen LogP contribution in [-0.4, -0.2) is 21.7 Å². The quantitative estimate of drug-likeness (QED) is 0.385. The number of aromatic nitrogens is 3. The van der Waals surface area contributed by atoms with Gasteiger partial charge in [-0.2, -0.15) is 9.61 Å². The molecule has 0 saturated heterocycles. The van der Waals surface area contributed by atoms with E-state index in [9.17, 15) is 4.79 Å². The van der Waals surface area contributed by atoms with E-state index in [0.717, 1.165) is 33.7 Å². The second kappa shape index (κ2) is 8.36. The minimum absolute atomic E-state index is 0.195. The number of nitrogens with zero attached hydrogens (tertiary/aromatic N) is 2. The van der Waals surface area contributed by atoms with E-state index >= 15 is 0 Å². The van der Waals surface area contributed by atoms with Crippen molar-refractivity contribution < 1.29 is 4.74 Å². The number of aromatic amines is 1. The maximum Gasteiger partial charge on any atom is 0.274 e. The molecule has 0 saturated carbocycles. The summed E-state index contributed by atoms with van der Waals surface area (Å²) < 4.78 is 6.69. The molecule has 2 aromatic heterocycles. The van der Waals surface area contributed by atoms with Crippen LogP contribution in [0, 0.1) is 0 Å². The Bertz CT molecular complexity index is 1440. The van der Waals surface area contributed by atoms with Crippen LogP contribution in [-0.2, 0) is 6.42 Å². The molecule has 0 spiro atoms. The Morgan fingerprint density at radius 2 is 1.62 bits per heavy atom. The summed E-state index contributed by atoms with van der Waals surface area (Å²) in [7, 11) is 1.63. The van der Waals surface area contributed by atoms with Gasteiger partial charge in [-0.25, -0.2) is 0 Å². The molecule has 3 aromatic carbocycles. The predicted octanol–water partition coefficient (Wildman–Crippen LogP) is 5.61. The third-order valence-corrected chi connectivity index (χ3v) is 5.69. The summed E-state index contributed by atoms with van der Waals surface area (Å²) >= 11 is 6.13. The van der Waals surface area contributed by atoms with Crippen molar-refractivity contribution in [2.24, 2.45) is 0 Å². The van der Waals surface area contributed by atoms with Crippen LogP contribution in [0.25, 0.3) is 28.0 Å². The molecule has 0 unspecified atom stereocenters. The lowest BCUT2D eigenvalue weighted by molar-refractivity contribution is 0.415. The highest BCUT2D eigenvalue weighted by Gasteiger charge is 2.18. The Kier molecular flexibility index (Phi) is 5.25. The monoisotopic (exact) mass is 441 g/mol. The minimum Gasteiger partial charge on any atom is -0.497 e. The van der Waals surface area contributed by atoms with Crippen molar-refractivity contribution in [3.63, 3.8) is 0 Å². The van der Waals surface area contributed by atoms with Gasteiger partial charge in [0.1, 0.15) is 11.4 Å². The van der Waals surface area contributed by atoms with E-state index in [0.29, 0.717) is 22.8 Å². The molecule has 0 aliphatic carbocycles. The van der Waals surface area contributed by atoms with Gasteiger partial charge in [-0.3, -0.25) is 4.79 Å². The highest BCUT2D eigenvalue weighted by Crippen LogP contribution is 2.31. The average Bonchev–Trinajstić information content (AvgIpc) is 3.19. The van der Waals surface area contributed by atoms with Gasteiger partial charge >= 0.3 is 0 Å². The topological polar surface area (TPSA) is 59.4 Å². The summed E-state index contributed by atoms with van der Waals surface area (Å²) in [6.07, 6.45) is 0.603. The molecular formula is C26H20ClN3O2. The Morgan fingerprint density at radius 3 is 2.31 bits per heavy atom. The van der Waals surface area contributed by atoms with Gasteiger partial charge in [0.25, 0.3) is 5.56 Å². The van der Waals surface area contributed by atoms with Crippen LogP contribution in [0.3, 0.4) is 0 Å². The largest absolute Gasteiger partial charge is 0.497 e. The van der Waals surface area contributed by atoms with Crippen molar-refractivity contribution in [1.82, 2.24) is 14.6 Å². The van der Waals surface area contributed by atoms with Crippen molar-refractivity contribution in [3.8, 4) is 28.1 Å². The van der Waals surface area contributed by atoms with E-state index in [1.807, 2.05) is 66.7 Å². The summed E-state index contributed by atoms with van der Waals surface area (Å²) in [6.45, 7) is 0. The normalized spacial score (nSPS) is 11.1. The number of hydrogen-bond donors (Lipinski definition) is 1. The molecule has 6 heteroatoms. The van der Waals surface area contributed by atoms with Gasteiger partial charge in [-0.05, 0) is 53.1 Å². The van der Waals surface area contributed by atoms with E-state index in [4.69, 9.17) is 16.3 Å². The maximum absolute atomic E-state index is 13.0. The number of halogens is 1. The lowest BCUT2D eigenvalue weighted by Gasteiger charge is -2.07. The van der Waals surface area contributed by atoms with Crippen LogP contribution in [0.2, 0.25) is 5.02 Å². The predicted molar refractivity (Wildman–Crippen MR) is 127 cm³/mol. The molecule has 0 aliphatic rings. The van der Waals surface area contributed by atoms with Crippen LogP contribution in [0.4, 0.5) is 0 Å². The lowest BCUT2D eigenvalue weighted by Crippen LogP contribution is -2.14. The molecule has 5 rings (SSSR count). The highest BCUT2D eigenvalue weighted by atomic mass is 35.5. The molecule has 5 aromatic rings. The molecule has 0 bridgehead atoms. The van der Waals surface area contributed by atoms with Crippen LogP contribution in [0.1, 0.15) is 11.3 Å². The zero-order valence-electron chi connectivity index (χ0n) is 17.4. The van der Waals surface area contributed by atoms with Crippen molar-refractivity contribution >= 4 is 17.2 Å². The summed E-state index contributed by atoms with van der Waals surface area (Å²) in [5.74, 6) is 0.758. The minimum atomic E-state index is -0.195. The first-order valence-corrected chi connectivity index (χ1v) is 10.6.